The zero-order valence-electron chi connectivity index (χ0n) is 13.9. The van der Waals surface area contributed by atoms with E-state index in [4.69, 9.17) is 16.3 Å². The number of alkyl carbamates (subject to hydrolysis) is 1. The second-order valence-corrected chi connectivity index (χ2v) is 7.45. The smallest absolute Gasteiger partial charge is 0.407 e. The molecule has 128 valence electrons. The molecule has 0 saturated heterocycles. The van der Waals surface area contributed by atoms with Gasteiger partial charge in [-0.15, -0.1) is 0 Å². The molecule has 0 aliphatic rings. The SMILES string of the molecule is Cc1c(Cl)cccc1NC(=O)CSCCNC(=O)OC(C)(C)C. The van der Waals surface area contributed by atoms with Crippen LogP contribution >= 0.6 is 23.4 Å². The number of rotatable bonds is 6. The molecule has 0 aromatic heterocycles. The highest BCUT2D eigenvalue weighted by Crippen LogP contribution is 2.23. The van der Waals surface area contributed by atoms with Gasteiger partial charge in [-0.05, 0) is 45.4 Å². The van der Waals surface area contributed by atoms with E-state index in [1.165, 1.54) is 11.8 Å². The molecule has 0 unspecified atom stereocenters. The summed E-state index contributed by atoms with van der Waals surface area (Å²) in [6.45, 7) is 7.73. The third kappa shape index (κ3) is 8.13. The Hall–Kier alpha value is -1.40. The van der Waals surface area contributed by atoms with E-state index in [-0.39, 0.29) is 5.91 Å². The van der Waals surface area contributed by atoms with E-state index in [1.807, 2.05) is 33.8 Å². The van der Waals surface area contributed by atoms with Crippen LogP contribution in [0.5, 0.6) is 0 Å². The first-order chi connectivity index (χ1) is 10.7. The highest BCUT2D eigenvalue weighted by Gasteiger charge is 2.15. The van der Waals surface area contributed by atoms with Crippen molar-refractivity contribution < 1.29 is 14.3 Å². The van der Waals surface area contributed by atoms with Crippen LogP contribution < -0.4 is 10.6 Å². The lowest BCUT2D eigenvalue weighted by Crippen LogP contribution is -2.33. The van der Waals surface area contributed by atoms with Gasteiger partial charge in [0.05, 0.1) is 5.75 Å². The van der Waals surface area contributed by atoms with Gasteiger partial charge < -0.3 is 15.4 Å². The van der Waals surface area contributed by atoms with Gasteiger partial charge in [-0.2, -0.15) is 11.8 Å². The van der Waals surface area contributed by atoms with Crippen molar-refractivity contribution in [1.29, 1.82) is 0 Å². The molecule has 0 heterocycles. The van der Waals surface area contributed by atoms with Crippen molar-refractivity contribution in [3.63, 3.8) is 0 Å². The summed E-state index contributed by atoms with van der Waals surface area (Å²) in [5.41, 5.74) is 1.06. The van der Waals surface area contributed by atoms with E-state index in [1.54, 1.807) is 12.1 Å². The number of carbonyl (C=O) groups is 2. The molecule has 0 fully saturated rings. The summed E-state index contributed by atoms with van der Waals surface area (Å²) in [7, 11) is 0. The van der Waals surface area contributed by atoms with Gasteiger partial charge in [0.1, 0.15) is 5.60 Å². The quantitative estimate of drug-likeness (QED) is 0.758. The summed E-state index contributed by atoms with van der Waals surface area (Å²) >= 11 is 7.44. The Morgan fingerprint density at radius 2 is 2.00 bits per heavy atom. The monoisotopic (exact) mass is 358 g/mol. The fourth-order valence-electron chi connectivity index (χ4n) is 1.63. The van der Waals surface area contributed by atoms with E-state index >= 15 is 0 Å². The van der Waals surface area contributed by atoms with Crippen molar-refractivity contribution >= 4 is 41.1 Å². The molecular weight excluding hydrogens is 336 g/mol. The molecule has 0 bridgehead atoms. The Kier molecular flexibility index (Phi) is 7.72. The number of thioether (sulfide) groups is 1. The summed E-state index contributed by atoms with van der Waals surface area (Å²) in [6, 6.07) is 5.39. The zero-order valence-corrected chi connectivity index (χ0v) is 15.4. The average Bonchev–Trinajstić information content (AvgIpc) is 2.41. The number of carbonyl (C=O) groups excluding carboxylic acids is 2. The first-order valence-corrected chi connectivity index (χ1v) is 8.82. The first-order valence-electron chi connectivity index (χ1n) is 7.28. The van der Waals surface area contributed by atoms with Crippen molar-refractivity contribution in [1.82, 2.24) is 5.32 Å². The van der Waals surface area contributed by atoms with Gasteiger partial charge in [0, 0.05) is 23.0 Å². The van der Waals surface area contributed by atoms with E-state index in [2.05, 4.69) is 10.6 Å². The second kappa shape index (κ2) is 9.03. The van der Waals surface area contributed by atoms with Crippen LogP contribution in [-0.4, -0.2) is 35.7 Å². The van der Waals surface area contributed by atoms with Crippen LogP contribution in [0.3, 0.4) is 0 Å². The van der Waals surface area contributed by atoms with Gasteiger partial charge in [0.25, 0.3) is 0 Å². The Morgan fingerprint density at radius 3 is 2.65 bits per heavy atom. The number of benzene rings is 1. The molecule has 7 heteroatoms. The third-order valence-corrected chi connectivity index (χ3v) is 4.06. The van der Waals surface area contributed by atoms with E-state index in [0.717, 1.165) is 11.3 Å². The van der Waals surface area contributed by atoms with Crippen molar-refractivity contribution in [2.75, 3.05) is 23.4 Å². The van der Waals surface area contributed by atoms with Crippen LogP contribution in [-0.2, 0) is 9.53 Å². The maximum Gasteiger partial charge on any atom is 0.407 e. The molecule has 1 rings (SSSR count). The van der Waals surface area contributed by atoms with Crippen LogP contribution in [0, 0.1) is 6.92 Å². The predicted molar refractivity (Wildman–Crippen MR) is 96.4 cm³/mol. The Morgan fingerprint density at radius 1 is 1.30 bits per heavy atom. The van der Waals surface area contributed by atoms with Crippen molar-refractivity contribution in [3.8, 4) is 0 Å². The van der Waals surface area contributed by atoms with Crippen LogP contribution in [0.1, 0.15) is 26.3 Å². The lowest BCUT2D eigenvalue weighted by atomic mass is 10.2. The van der Waals surface area contributed by atoms with E-state index in [0.29, 0.717) is 23.1 Å². The number of anilines is 1. The van der Waals surface area contributed by atoms with E-state index in [9.17, 15) is 9.59 Å². The normalized spacial score (nSPS) is 11.0. The molecule has 5 nitrogen and oxygen atoms in total. The Balaban J connectivity index is 2.22. The second-order valence-electron chi connectivity index (χ2n) is 5.94. The Bertz CT molecular complexity index is 559. The van der Waals surface area contributed by atoms with Gasteiger partial charge in [-0.25, -0.2) is 4.79 Å². The fraction of sp³-hybridized carbons (Fsp3) is 0.500. The number of ether oxygens (including phenoxy) is 1. The molecule has 0 aliphatic heterocycles. The van der Waals surface area contributed by atoms with Gasteiger partial charge in [-0.1, -0.05) is 17.7 Å². The largest absolute Gasteiger partial charge is 0.444 e. The summed E-state index contributed by atoms with van der Waals surface area (Å²) in [5, 5.41) is 6.10. The number of halogens is 1. The maximum absolute atomic E-state index is 11.9. The molecule has 1 aromatic rings. The molecule has 2 N–H and O–H groups in total. The highest BCUT2D eigenvalue weighted by atomic mass is 35.5. The van der Waals surface area contributed by atoms with Crippen molar-refractivity contribution in [3.05, 3.63) is 28.8 Å². The minimum atomic E-state index is -0.508. The lowest BCUT2D eigenvalue weighted by Gasteiger charge is -2.19. The Labute approximate surface area is 146 Å². The highest BCUT2D eigenvalue weighted by molar-refractivity contribution is 7.99. The standard InChI is InChI=1S/C16H23ClN2O3S/c1-11-12(17)6-5-7-13(11)19-14(20)10-23-9-8-18-15(21)22-16(2,3)4/h5-7H,8-10H2,1-4H3,(H,18,21)(H,19,20). The van der Waals surface area contributed by atoms with Crippen LogP contribution in [0.15, 0.2) is 18.2 Å². The number of hydrogen-bond donors (Lipinski definition) is 2. The maximum atomic E-state index is 11.9. The molecule has 1 aromatic carbocycles. The third-order valence-electron chi connectivity index (χ3n) is 2.69. The molecular formula is C16H23ClN2O3S. The summed E-state index contributed by atoms with van der Waals surface area (Å²) in [4.78, 5) is 23.3. The molecule has 0 aliphatic carbocycles. The molecule has 2 amide bonds. The average molecular weight is 359 g/mol. The predicted octanol–water partition coefficient (Wildman–Crippen LogP) is 3.84. The molecule has 23 heavy (non-hydrogen) atoms. The first kappa shape index (κ1) is 19.6. The van der Waals surface area contributed by atoms with Gasteiger partial charge in [-0.3, -0.25) is 4.79 Å². The minimum absolute atomic E-state index is 0.0994. The topological polar surface area (TPSA) is 67.4 Å². The van der Waals surface area contributed by atoms with Crippen molar-refractivity contribution in [2.45, 2.75) is 33.3 Å². The van der Waals surface area contributed by atoms with Crippen LogP contribution in [0.4, 0.5) is 10.5 Å². The fourth-order valence-corrected chi connectivity index (χ4v) is 2.46. The number of hydrogen-bond acceptors (Lipinski definition) is 4. The van der Waals surface area contributed by atoms with Crippen LogP contribution in [0.2, 0.25) is 5.02 Å². The van der Waals surface area contributed by atoms with Gasteiger partial charge >= 0.3 is 6.09 Å². The lowest BCUT2D eigenvalue weighted by molar-refractivity contribution is -0.113. The zero-order chi connectivity index (χ0) is 17.5. The molecule has 0 spiro atoms. The number of amides is 2. The van der Waals surface area contributed by atoms with Gasteiger partial charge in [0.2, 0.25) is 5.91 Å². The van der Waals surface area contributed by atoms with E-state index < -0.39 is 11.7 Å². The summed E-state index contributed by atoms with van der Waals surface area (Å²) < 4.78 is 5.12. The van der Waals surface area contributed by atoms with Crippen molar-refractivity contribution in [2.24, 2.45) is 0 Å². The minimum Gasteiger partial charge on any atom is -0.444 e. The van der Waals surface area contributed by atoms with Gasteiger partial charge in [0.15, 0.2) is 0 Å². The summed E-state index contributed by atoms with van der Waals surface area (Å²) in [5.74, 6) is 0.834. The molecule has 0 radical (unpaired) electrons. The van der Waals surface area contributed by atoms with Crippen LogP contribution in [0.25, 0.3) is 0 Å². The molecule has 0 saturated carbocycles. The molecule has 0 atom stereocenters. The summed E-state index contributed by atoms with van der Waals surface area (Å²) in [6.07, 6.45) is -0.447. The number of nitrogens with one attached hydrogen (secondary N) is 2.